The van der Waals surface area contributed by atoms with Crippen molar-refractivity contribution in [3.63, 3.8) is 0 Å². The van der Waals surface area contributed by atoms with Gasteiger partial charge in [-0.15, -0.1) is 0 Å². The van der Waals surface area contributed by atoms with Gasteiger partial charge in [-0.25, -0.2) is 0 Å². The molecule has 3 rings (SSSR count). The van der Waals surface area contributed by atoms with Crippen molar-refractivity contribution in [1.82, 2.24) is 5.32 Å². The standard InChI is InChI=1S/C15H14ClNO/c16-13-4-6-14(7-5-13)18-10-12-3-1-2-11-8-17-9-15(11)12/h1-7,17H,8-10H2. The largest absolute Gasteiger partial charge is 0.489 e. The normalized spacial score (nSPS) is 13.4. The Morgan fingerprint density at radius 3 is 2.72 bits per heavy atom. The van der Waals surface area contributed by atoms with E-state index in [-0.39, 0.29) is 0 Å². The first-order valence-electron chi connectivity index (χ1n) is 6.01. The highest BCUT2D eigenvalue weighted by Gasteiger charge is 2.13. The minimum atomic E-state index is 0.604. The molecule has 3 heteroatoms. The van der Waals surface area contributed by atoms with Gasteiger partial charge in [0.05, 0.1) is 0 Å². The number of rotatable bonds is 3. The fourth-order valence-electron chi connectivity index (χ4n) is 2.23. The third-order valence-corrected chi connectivity index (χ3v) is 3.45. The number of benzene rings is 2. The van der Waals surface area contributed by atoms with Crippen molar-refractivity contribution in [2.75, 3.05) is 0 Å². The molecule has 1 aliphatic rings. The lowest BCUT2D eigenvalue weighted by molar-refractivity contribution is 0.305. The van der Waals surface area contributed by atoms with Gasteiger partial charge in [0.15, 0.2) is 0 Å². The molecule has 0 radical (unpaired) electrons. The van der Waals surface area contributed by atoms with Crippen LogP contribution in [0.5, 0.6) is 5.75 Å². The number of halogens is 1. The Kier molecular flexibility index (Phi) is 3.22. The Labute approximate surface area is 112 Å². The second-order valence-electron chi connectivity index (χ2n) is 4.40. The van der Waals surface area contributed by atoms with E-state index in [1.165, 1.54) is 16.7 Å². The van der Waals surface area contributed by atoms with Gasteiger partial charge in [0, 0.05) is 18.1 Å². The van der Waals surface area contributed by atoms with Crippen LogP contribution in [0, 0.1) is 0 Å². The van der Waals surface area contributed by atoms with Crippen molar-refractivity contribution < 1.29 is 4.74 Å². The summed E-state index contributed by atoms with van der Waals surface area (Å²) in [6.45, 7) is 2.51. The first-order valence-corrected chi connectivity index (χ1v) is 6.39. The number of hydrogen-bond donors (Lipinski definition) is 1. The van der Waals surface area contributed by atoms with Gasteiger partial charge in [0.1, 0.15) is 12.4 Å². The zero-order chi connectivity index (χ0) is 12.4. The monoisotopic (exact) mass is 259 g/mol. The molecule has 0 saturated carbocycles. The summed E-state index contributed by atoms with van der Waals surface area (Å²) in [5.41, 5.74) is 4.02. The summed E-state index contributed by atoms with van der Waals surface area (Å²) < 4.78 is 5.79. The minimum Gasteiger partial charge on any atom is -0.489 e. The number of fused-ring (bicyclic) bond motifs is 1. The van der Waals surface area contributed by atoms with Gasteiger partial charge >= 0.3 is 0 Å². The third kappa shape index (κ3) is 2.35. The van der Waals surface area contributed by atoms with Crippen LogP contribution in [0.3, 0.4) is 0 Å². The van der Waals surface area contributed by atoms with Crippen LogP contribution < -0.4 is 10.1 Å². The van der Waals surface area contributed by atoms with Gasteiger partial charge in [-0.05, 0) is 41.0 Å². The molecule has 0 bridgehead atoms. The van der Waals surface area contributed by atoms with E-state index in [1.807, 2.05) is 24.3 Å². The fourth-order valence-corrected chi connectivity index (χ4v) is 2.36. The van der Waals surface area contributed by atoms with Crippen LogP contribution in [0.2, 0.25) is 5.02 Å². The predicted molar refractivity (Wildman–Crippen MR) is 72.8 cm³/mol. The van der Waals surface area contributed by atoms with E-state index in [9.17, 15) is 0 Å². The molecule has 0 amide bonds. The summed E-state index contributed by atoms with van der Waals surface area (Å²) in [6, 6.07) is 13.9. The van der Waals surface area contributed by atoms with E-state index in [4.69, 9.17) is 16.3 Å². The summed E-state index contributed by atoms with van der Waals surface area (Å²) in [5, 5.41) is 4.09. The molecule has 1 heterocycles. The minimum absolute atomic E-state index is 0.604. The van der Waals surface area contributed by atoms with Gasteiger partial charge in [0.25, 0.3) is 0 Å². The van der Waals surface area contributed by atoms with Crippen LogP contribution in [0.1, 0.15) is 16.7 Å². The van der Waals surface area contributed by atoms with Crippen LogP contribution in [0.25, 0.3) is 0 Å². The van der Waals surface area contributed by atoms with E-state index in [0.717, 1.165) is 23.9 Å². The maximum absolute atomic E-state index is 5.84. The highest BCUT2D eigenvalue weighted by Crippen LogP contribution is 2.22. The van der Waals surface area contributed by atoms with Crippen LogP contribution in [0.15, 0.2) is 42.5 Å². The molecule has 18 heavy (non-hydrogen) atoms. The fraction of sp³-hybridized carbons (Fsp3) is 0.200. The highest BCUT2D eigenvalue weighted by atomic mass is 35.5. The van der Waals surface area contributed by atoms with E-state index >= 15 is 0 Å². The summed E-state index contributed by atoms with van der Waals surface area (Å²) in [7, 11) is 0. The lowest BCUT2D eigenvalue weighted by atomic mass is 10.0. The Morgan fingerprint density at radius 1 is 1.06 bits per heavy atom. The maximum Gasteiger partial charge on any atom is 0.119 e. The van der Waals surface area contributed by atoms with Gasteiger partial charge in [0.2, 0.25) is 0 Å². The highest BCUT2D eigenvalue weighted by molar-refractivity contribution is 6.30. The van der Waals surface area contributed by atoms with E-state index in [1.54, 1.807) is 0 Å². The van der Waals surface area contributed by atoms with E-state index in [2.05, 4.69) is 23.5 Å². The average molecular weight is 260 g/mol. The van der Waals surface area contributed by atoms with Crippen LogP contribution in [0.4, 0.5) is 0 Å². The van der Waals surface area contributed by atoms with Crippen LogP contribution in [-0.2, 0) is 19.7 Å². The molecule has 1 N–H and O–H groups in total. The van der Waals surface area contributed by atoms with Gasteiger partial charge in [-0.3, -0.25) is 0 Å². The first-order chi connectivity index (χ1) is 8.83. The summed E-state index contributed by atoms with van der Waals surface area (Å²) in [6.07, 6.45) is 0. The molecule has 2 aromatic carbocycles. The zero-order valence-electron chi connectivity index (χ0n) is 9.95. The molecular formula is C15H14ClNO. The molecule has 1 aliphatic heterocycles. The summed E-state index contributed by atoms with van der Waals surface area (Å²) in [4.78, 5) is 0. The topological polar surface area (TPSA) is 21.3 Å². The van der Waals surface area contributed by atoms with Gasteiger partial charge in [-0.2, -0.15) is 0 Å². The molecule has 0 aliphatic carbocycles. The Morgan fingerprint density at radius 2 is 1.89 bits per heavy atom. The molecule has 0 saturated heterocycles. The van der Waals surface area contributed by atoms with Crippen molar-refractivity contribution in [2.45, 2.75) is 19.7 Å². The van der Waals surface area contributed by atoms with Gasteiger partial charge in [-0.1, -0.05) is 29.8 Å². The summed E-state index contributed by atoms with van der Waals surface area (Å²) in [5.74, 6) is 0.850. The second-order valence-corrected chi connectivity index (χ2v) is 4.84. The number of nitrogens with one attached hydrogen (secondary N) is 1. The SMILES string of the molecule is Clc1ccc(OCc2cccc3c2CNC3)cc1. The Hall–Kier alpha value is -1.51. The van der Waals surface area contributed by atoms with E-state index in [0.29, 0.717) is 6.61 Å². The molecule has 0 atom stereocenters. The molecule has 2 aromatic rings. The third-order valence-electron chi connectivity index (χ3n) is 3.20. The molecule has 2 nitrogen and oxygen atoms in total. The first kappa shape index (κ1) is 11.6. The van der Waals surface area contributed by atoms with E-state index < -0.39 is 0 Å². The number of hydrogen-bond acceptors (Lipinski definition) is 2. The zero-order valence-corrected chi connectivity index (χ0v) is 10.7. The lowest BCUT2D eigenvalue weighted by Crippen LogP contribution is -2.03. The molecule has 0 fully saturated rings. The molecule has 0 spiro atoms. The maximum atomic E-state index is 5.84. The average Bonchev–Trinajstić information content (AvgIpc) is 2.87. The Bertz CT molecular complexity index is 551. The quantitative estimate of drug-likeness (QED) is 0.911. The van der Waals surface area contributed by atoms with Crippen molar-refractivity contribution in [1.29, 1.82) is 0 Å². The molecule has 92 valence electrons. The van der Waals surface area contributed by atoms with Crippen molar-refractivity contribution in [3.8, 4) is 5.75 Å². The number of ether oxygens (including phenoxy) is 1. The van der Waals surface area contributed by atoms with Gasteiger partial charge < -0.3 is 10.1 Å². The molecule has 0 unspecified atom stereocenters. The summed E-state index contributed by atoms with van der Waals surface area (Å²) >= 11 is 5.84. The predicted octanol–water partition coefficient (Wildman–Crippen LogP) is 3.52. The smallest absolute Gasteiger partial charge is 0.119 e. The van der Waals surface area contributed by atoms with Crippen molar-refractivity contribution >= 4 is 11.6 Å². The molecule has 0 aromatic heterocycles. The van der Waals surface area contributed by atoms with Crippen LogP contribution >= 0.6 is 11.6 Å². The lowest BCUT2D eigenvalue weighted by Gasteiger charge is -2.10. The van der Waals surface area contributed by atoms with Crippen molar-refractivity contribution in [3.05, 3.63) is 64.2 Å². The Balaban J connectivity index is 1.74. The molecular weight excluding hydrogens is 246 g/mol. The van der Waals surface area contributed by atoms with Crippen molar-refractivity contribution in [2.24, 2.45) is 0 Å². The van der Waals surface area contributed by atoms with Crippen LogP contribution in [-0.4, -0.2) is 0 Å². The second kappa shape index (κ2) is 5.01.